The van der Waals surface area contributed by atoms with Gasteiger partial charge in [-0.25, -0.2) is 25.3 Å². The Hall–Kier alpha value is -5.06. The number of rotatable bonds is 11. The predicted molar refractivity (Wildman–Crippen MR) is 240 cm³/mol. The molecule has 0 heterocycles. The van der Waals surface area contributed by atoms with Crippen LogP contribution >= 0.6 is 0 Å². The number of hydrazone groups is 2. The number of nitrogens with two attached hydrogens (primary N) is 1. The fourth-order valence-electron chi connectivity index (χ4n) is 6.78. The number of amides is 1. The molecule has 0 bridgehead atoms. The van der Waals surface area contributed by atoms with Crippen molar-refractivity contribution < 1.29 is 142 Å². The number of hydrogen-bond acceptors (Lipinski definition) is 19. The summed E-state index contributed by atoms with van der Waals surface area (Å²) < 4.78 is 108. The molecule has 8 rings (SSSR count). The van der Waals surface area contributed by atoms with Crippen LogP contribution in [0.15, 0.2) is 156 Å². The molecule has 1 amide bonds. The third-order valence-corrected chi connectivity index (χ3v) is 12.4. The van der Waals surface area contributed by atoms with Gasteiger partial charge in [0.15, 0.2) is 0 Å². The monoisotopic (exact) mass is 1010 g/mol. The second kappa shape index (κ2) is 21.9. The van der Waals surface area contributed by atoms with E-state index in [0.717, 1.165) is 24.3 Å². The van der Waals surface area contributed by atoms with E-state index >= 15 is 0 Å². The Bertz CT molecular complexity index is 3620. The van der Waals surface area contributed by atoms with Crippen molar-refractivity contribution in [2.24, 2.45) is 20.4 Å². The van der Waals surface area contributed by atoms with E-state index in [1.165, 1.54) is 84.9 Å². The van der Waals surface area contributed by atoms with Crippen LogP contribution in [0.4, 0.5) is 34.1 Å². The quantitative estimate of drug-likeness (QED) is 0.0333. The molecule has 2 aliphatic carbocycles. The number of nitrogen functional groups attached to an aromatic ring is 1. The summed E-state index contributed by atoms with van der Waals surface area (Å²) in [6.45, 7) is 0. The van der Waals surface area contributed by atoms with Crippen molar-refractivity contribution in [2.75, 3.05) is 21.9 Å². The van der Waals surface area contributed by atoms with Gasteiger partial charge >= 0.3 is 88.7 Å². The number of nitrogens with zero attached hydrogens (tertiary/aromatic N) is 4. The molecule has 0 atom stereocenters. The van der Waals surface area contributed by atoms with Crippen molar-refractivity contribution in [2.45, 2.75) is 4.90 Å². The van der Waals surface area contributed by atoms with E-state index in [1.807, 2.05) is 0 Å². The smallest absolute Gasteiger partial charge is 0.744 e. The summed E-state index contributed by atoms with van der Waals surface area (Å²) in [4.78, 5) is 37.8. The minimum atomic E-state index is -5.31. The molecule has 20 nitrogen and oxygen atoms in total. The van der Waals surface area contributed by atoms with Gasteiger partial charge in [-0.3, -0.25) is 25.2 Å². The predicted octanol–water partition coefficient (Wildman–Crippen LogP) is -2.89. The third-order valence-electron chi connectivity index (χ3n) is 9.90. The van der Waals surface area contributed by atoms with Gasteiger partial charge in [0.2, 0.25) is 11.6 Å². The average Bonchev–Trinajstić information content (AvgIpc) is 3.27. The van der Waals surface area contributed by atoms with Crippen molar-refractivity contribution in [3.8, 4) is 0 Å². The molecule has 6 aromatic rings. The average molecular weight is 1010 g/mol. The van der Waals surface area contributed by atoms with Crippen LogP contribution in [0, 0.1) is 0 Å². The minimum Gasteiger partial charge on any atom is -0.744 e. The van der Waals surface area contributed by atoms with Gasteiger partial charge in [-0.05, 0) is 114 Å². The van der Waals surface area contributed by atoms with Crippen LogP contribution in [-0.4, -0.2) is 67.8 Å². The zero-order chi connectivity index (χ0) is 47.1. The van der Waals surface area contributed by atoms with Crippen molar-refractivity contribution in [3.63, 3.8) is 0 Å². The Morgan fingerprint density at radius 1 is 0.551 bits per heavy atom. The fraction of sp³-hybridized carbons (Fsp3) is 0. The zero-order valence-electron chi connectivity index (χ0n) is 36.2. The van der Waals surface area contributed by atoms with Crippen LogP contribution in [0.25, 0.3) is 22.9 Å². The molecule has 26 heteroatoms. The Kier molecular flexibility index (Phi) is 17.4. The largest absolute Gasteiger partial charge is 1.00 e. The molecular formula is C43H27N8Na3O12S3. The van der Waals surface area contributed by atoms with Crippen LogP contribution < -0.4 is 111 Å². The maximum Gasteiger partial charge on any atom is 1.00 e. The van der Waals surface area contributed by atoms with Crippen molar-refractivity contribution in [1.82, 2.24) is 0 Å². The van der Waals surface area contributed by atoms with E-state index in [0.29, 0.717) is 16.5 Å². The van der Waals surface area contributed by atoms with Gasteiger partial charge in [0, 0.05) is 38.8 Å². The van der Waals surface area contributed by atoms with Gasteiger partial charge in [0.25, 0.3) is 5.91 Å². The first kappa shape index (κ1) is 54.9. The molecule has 0 saturated carbocycles. The van der Waals surface area contributed by atoms with Gasteiger partial charge in [-0.1, -0.05) is 30.3 Å². The number of benzene rings is 6. The molecule has 69 heavy (non-hydrogen) atoms. The van der Waals surface area contributed by atoms with Crippen LogP contribution in [0.5, 0.6) is 0 Å². The fourth-order valence-corrected chi connectivity index (χ4v) is 8.58. The number of Topliss-reactive ketones (excluding diaryl/α,β-unsaturated/α-hetero) is 2. The summed E-state index contributed by atoms with van der Waals surface area (Å²) in [6.07, 6.45) is 1.96. The molecule has 0 saturated heterocycles. The molecule has 332 valence electrons. The zero-order valence-corrected chi connectivity index (χ0v) is 44.6. The molecule has 5 N–H and O–H groups in total. The summed E-state index contributed by atoms with van der Waals surface area (Å²) in [6, 6.07) is 28.3. The molecule has 0 fully saturated rings. The molecule has 0 aromatic heterocycles. The Morgan fingerprint density at radius 3 is 1.72 bits per heavy atom. The number of anilines is 4. The Balaban J connectivity index is 0.00000296. The maximum atomic E-state index is 13.7. The first-order chi connectivity index (χ1) is 31.2. The summed E-state index contributed by atoms with van der Waals surface area (Å²) in [5, 5.41) is 19.8. The third kappa shape index (κ3) is 12.3. The van der Waals surface area contributed by atoms with Crippen LogP contribution in [-0.2, 0) is 30.4 Å². The number of nitrogens with one attached hydrogen (secondary N) is 3. The topological polar surface area (TPSA) is 334 Å². The molecule has 0 radical (unpaired) electrons. The number of hydrogen-bond donors (Lipinski definition) is 4. The van der Waals surface area contributed by atoms with E-state index in [-0.39, 0.29) is 145 Å². The molecule has 0 aliphatic heterocycles. The summed E-state index contributed by atoms with van der Waals surface area (Å²) >= 11 is 0. The SMILES string of the molecule is Nc1ccc2c(c1)C=C(S(=O)(=O)[O-])/C(=N\Nc1ccc(C(=O)Nc3ccc4c(c3)C=C(S(=O)(=O)[O-])/C(=N/Nc3ccc(N=Nc5cccc(S(=O)(=O)[O-])c5)c5ccccc35)C4=O)cc1)C2=O.[Na+].[Na+].[Na+]. The van der Waals surface area contributed by atoms with Gasteiger partial charge < -0.3 is 24.7 Å². The van der Waals surface area contributed by atoms with E-state index in [1.54, 1.807) is 24.3 Å². The van der Waals surface area contributed by atoms with Crippen molar-refractivity contribution >= 4 is 116 Å². The Labute approximate surface area is 459 Å². The van der Waals surface area contributed by atoms with E-state index in [9.17, 15) is 53.3 Å². The number of carbonyl (C=O) groups is 3. The maximum absolute atomic E-state index is 13.7. The van der Waals surface area contributed by atoms with Crippen molar-refractivity contribution in [3.05, 3.63) is 159 Å². The molecule has 6 aromatic carbocycles. The normalized spacial score (nSPS) is 14.7. The molecule has 0 spiro atoms. The van der Waals surface area contributed by atoms with Gasteiger partial charge in [-0.2, -0.15) is 15.3 Å². The number of ketones is 2. The first-order valence-electron chi connectivity index (χ1n) is 18.8. The van der Waals surface area contributed by atoms with Gasteiger partial charge in [0.1, 0.15) is 41.8 Å². The Morgan fingerprint density at radius 2 is 1.12 bits per heavy atom. The second-order valence-corrected chi connectivity index (χ2v) is 18.3. The van der Waals surface area contributed by atoms with Crippen LogP contribution in [0.1, 0.15) is 42.2 Å². The molecule has 0 unspecified atom stereocenters. The summed E-state index contributed by atoms with van der Waals surface area (Å²) in [5.41, 5.74) is 11.0. The van der Waals surface area contributed by atoms with E-state index < -0.39 is 74.0 Å². The summed E-state index contributed by atoms with van der Waals surface area (Å²) in [7, 11) is -15.2. The van der Waals surface area contributed by atoms with Crippen LogP contribution in [0.2, 0.25) is 0 Å². The number of carbonyl (C=O) groups excluding carboxylic acids is 3. The summed E-state index contributed by atoms with van der Waals surface area (Å²) in [5.74, 6) is -2.42. The van der Waals surface area contributed by atoms with Crippen LogP contribution in [0.3, 0.4) is 0 Å². The van der Waals surface area contributed by atoms with Gasteiger partial charge in [0.05, 0.1) is 37.5 Å². The standard InChI is InChI=1S/C43H30N8O12S3.3Na/c44-26-10-14-31-24(18-26)20-37(65(58,59)60)39(41(31)52)50-46-27-11-8-23(9-12-27)43(54)45-28-13-15-32-25(19-28)21-38(66(61,62)63)40(42(32)53)51-49-36-17-16-35(33-6-1-2-7-34(33)36)48-47-29-4-3-5-30(22-29)64(55,56)57;;;/h1-22,46,49H,44H2,(H,45,54)(H,55,56,57)(H,58,59,60)(H,61,62,63);;;/q;3*+1/p-3/b48-47?,50-39+,51-40-;;;. The minimum absolute atomic E-state index is 0. The first-order valence-corrected chi connectivity index (χ1v) is 23.0. The van der Waals surface area contributed by atoms with Crippen molar-refractivity contribution in [1.29, 1.82) is 0 Å². The number of allylic oxidation sites excluding steroid dienone is 2. The number of fused-ring (bicyclic) bond motifs is 3. The second-order valence-electron chi connectivity index (χ2n) is 14.2. The van der Waals surface area contributed by atoms with Gasteiger partial charge in [-0.15, -0.1) is 5.11 Å². The molecular weight excluding hydrogens is 986 g/mol. The van der Waals surface area contributed by atoms with E-state index in [4.69, 9.17) is 5.73 Å². The number of azo groups is 1. The molecule has 2 aliphatic rings. The van der Waals surface area contributed by atoms with E-state index in [2.05, 4.69) is 36.6 Å².